The highest BCUT2D eigenvalue weighted by Crippen LogP contribution is 2.54. The first-order valence-corrected chi connectivity index (χ1v) is 13.3. The number of methoxy groups -OCH3 is 1. The third kappa shape index (κ3) is 5.83. The maximum Gasteiger partial charge on any atom is 0.330 e. The van der Waals surface area contributed by atoms with Crippen LogP contribution >= 0.6 is 11.8 Å². The zero-order valence-electron chi connectivity index (χ0n) is 21.8. The van der Waals surface area contributed by atoms with Gasteiger partial charge in [-0.2, -0.15) is 0 Å². The van der Waals surface area contributed by atoms with Crippen LogP contribution in [-0.2, 0) is 30.4 Å². The number of ether oxygens (including phenoxy) is 2. The van der Waals surface area contributed by atoms with Crippen LogP contribution in [0.3, 0.4) is 0 Å². The lowest BCUT2D eigenvalue weighted by Gasteiger charge is -2.36. The number of likely N-dealkylation sites (tertiary alicyclic amines) is 1. The van der Waals surface area contributed by atoms with Gasteiger partial charge in [-0.1, -0.05) is 72.3 Å². The van der Waals surface area contributed by atoms with Gasteiger partial charge in [-0.15, -0.1) is 11.8 Å². The zero-order chi connectivity index (χ0) is 27.1. The minimum Gasteiger partial charge on any atom is -0.468 e. The molecule has 38 heavy (non-hydrogen) atoms. The Hall–Kier alpha value is -3.84. The van der Waals surface area contributed by atoms with E-state index in [4.69, 9.17) is 9.47 Å². The summed E-state index contributed by atoms with van der Waals surface area (Å²) in [7, 11) is 1.35. The first-order valence-electron chi connectivity index (χ1n) is 12.5. The summed E-state index contributed by atoms with van der Waals surface area (Å²) in [6, 6.07) is 24.4. The van der Waals surface area contributed by atoms with Gasteiger partial charge in [0.1, 0.15) is 0 Å². The van der Waals surface area contributed by atoms with Gasteiger partial charge < -0.3 is 14.4 Å². The van der Waals surface area contributed by atoms with Gasteiger partial charge in [0.05, 0.1) is 26.2 Å². The summed E-state index contributed by atoms with van der Waals surface area (Å²) >= 11 is 1.35. The summed E-state index contributed by atoms with van der Waals surface area (Å²) in [5.74, 6) is -1.08. The first-order chi connectivity index (χ1) is 18.4. The predicted molar refractivity (Wildman–Crippen MR) is 148 cm³/mol. The number of hydrogen-bond acceptors (Lipinski definition) is 6. The van der Waals surface area contributed by atoms with Crippen molar-refractivity contribution in [1.82, 2.24) is 4.90 Å². The molecule has 0 spiro atoms. The molecule has 1 amide bonds. The fourth-order valence-electron chi connectivity index (χ4n) is 4.76. The minimum absolute atomic E-state index is 0.0222. The van der Waals surface area contributed by atoms with E-state index in [0.717, 1.165) is 27.1 Å². The maximum atomic E-state index is 13.7. The fourth-order valence-corrected chi connectivity index (χ4v) is 6.18. The Labute approximate surface area is 227 Å². The second-order valence-electron chi connectivity index (χ2n) is 9.10. The van der Waals surface area contributed by atoms with E-state index in [1.165, 1.54) is 24.9 Å². The van der Waals surface area contributed by atoms with Crippen LogP contribution in [0.2, 0.25) is 0 Å². The third-order valence-electron chi connectivity index (χ3n) is 6.51. The number of esters is 2. The molecule has 2 atom stereocenters. The number of hydrogen-bond donors (Lipinski definition) is 0. The molecular formula is C31H31NO5S. The topological polar surface area (TPSA) is 72.9 Å². The molecule has 7 heteroatoms. The summed E-state index contributed by atoms with van der Waals surface area (Å²) in [6.45, 7) is 4.34. The monoisotopic (exact) mass is 529 g/mol. The molecule has 6 nitrogen and oxygen atoms in total. The molecule has 1 aliphatic heterocycles. The molecule has 1 heterocycles. The van der Waals surface area contributed by atoms with Crippen molar-refractivity contribution in [1.29, 1.82) is 0 Å². The molecule has 3 aromatic carbocycles. The number of amides is 1. The van der Waals surface area contributed by atoms with E-state index in [-0.39, 0.29) is 18.9 Å². The van der Waals surface area contributed by atoms with Crippen LogP contribution in [0.25, 0.3) is 6.08 Å². The molecule has 1 aliphatic rings. The minimum atomic E-state index is -1.25. The summed E-state index contributed by atoms with van der Waals surface area (Å²) in [6.07, 6.45) is 3.02. The van der Waals surface area contributed by atoms with Gasteiger partial charge in [0.2, 0.25) is 5.91 Å². The Morgan fingerprint density at radius 1 is 1.03 bits per heavy atom. The van der Waals surface area contributed by atoms with Gasteiger partial charge in [-0.25, -0.2) is 4.79 Å². The van der Waals surface area contributed by atoms with Crippen molar-refractivity contribution in [2.75, 3.05) is 13.7 Å². The smallest absolute Gasteiger partial charge is 0.330 e. The van der Waals surface area contributed by atoms with Crippen molar-refractivity contribution in [2.45, 2.75) is 42.5 Å². The van der Waals surface area contributed by atoms with Crippen LogP contribution in [0, 0.1) is 6.92 Å². The van der Waals surface area contributed by atoms with E-state index in [0.29, 0.717) is 6.54 Å². The van der Waals surface area contributed by atoms with Crippen molar-refractivity contribution in [3.8, 4) is 0 Å². The van der Waals surface area contributed by atoms with Gasteiger partial charge in [-0.3, -0.25) is 9.59 Å². The molecule has 0 N–H and O–H groups in total. The lowest BCUT2D eigenvalue weighted by molar-refractivity contribution is -0.144. The molecular weight excluding hydrogens is 498 g/mol. The number of thioether (sulfide) groups is 1. The number of carbonyl (C=O) groups excluding carboxylic acids is 3. The van der Waals surface area contributed by atoms with Crippen molar-refractivity contribution >= 4 is 35.7 Å². The highest BCUT2D eigenvalue weighted by Gasteiger charge is 2.59. The number of benzene rings is 3. The van der Waals surface area contributed by atoms with Crippen LogP contribution in [0.1, 0.15) is 41.6 Å². The van der Waals surface area contributed by atoms with E-state index in [9.17, 15) is 14.4 Å². The second-order valence-corrected chi connectivity index (χ2v) is 10.5. The highest BCUT2D eigenvalue weighted by atomic mass is 32.2. The quantitative estimate of drug-likeness (QED) is 0.260. The molecule has 0 saturated carbocycles. The second kappa shape index (κ2) is 12.1. The van der Waals surface area contributed by atoms with Crippen LogP contribution in [0.5, 0.6) is 0 Å². The standard InChI is InChI=1S/C31H31NO5S/c1-4-37-28(34)19-16-24-12-8-9-13-26(24)29-31(30(35)36-3,38-25-17-14-22(2)15-18-25)20-27(33)32(29)21-23-10-6-5-7-11-23/h5-19,29H,4,20-21H2,1-3H3/b19-16+/t29-,31-/m1/s1. The molecule has 0 radical (unpaired) electrons. The predicted octanol–water partition coefficient (Wildman–Crippen LogP) is 5.75. The normalized spacial score (nSPS) is 19.1. The molecule has 0 aromatic heterocycles. The Morgan fingerprint density at radius 2 is 1.71 bits per heavy atom. The van der Waals surface area contributed by atoms with Crippen LogP contribution < -0.4 is 0 Å². The number of aryl methyl sites for hydroxylation is 1. The molecule has 0 bridgehead atoms. The molecule has 4 rings (SSSR count). The first kappa shape index (κ1) is 27.2. The van der Waals surface area contributed by atoms with Gasteiger partial charge >= 0.3 is 11.9 Å². The van der Waals surface area contributed by atoms with Crippen molar-refractivity contribution in [2.24, 2.45) is 0 Å². The van der Waals surface area contributed by atoms with Crippen molar-refractivity contribution in [3.63, 3.8) is 0 Å². The summed E-state index contributed by atoms with van der Waals surface area (Å²) in [5, 5.41) is 0. The van der Waals surface area contributed by atoms with E-state index >= 15 is 0 Å². The van der Waals surface area contributed by atoms with E-state index in [2.05, 4.69) is 0 Å². The molecule has 0 unspecified atom stereocenters. The summed E-state index contributed by atoms with van der Waals surface area (Å²) in [5.41, 5.74) is 3.52. The van der Waals surface area contributed by atoms with Crippen LogP contribution in [0.15, 0.2) is 89.8 Å². The van der Waals surface area contributed by atoms with Crippen molar-refractivity contribution in [3.05, 3.63) is 107 Å². The van der Waals surface area contributed by atoms with Crippen LogP contribution in [0.4, 0.5) is 0 Å². The molecule has 196 valence electrons. The molecule has 3 aromatic rings. The van der Waals surface area contributed by atoms with Gasteiger partial charge in [-0.05, 0) is 48.7 Å². The largest absolute Gasteiger partial charge is 0.468 e. The Kier molecular flexibility index (Phi) is 8.69. The third-order valence-corrected chi connectivity index (χ3v) is 7.92. The lowest BCUT2D eigenvalue weighted by atomic mass is 9.89. The van der Waals surface area contributed by atoms with Gasteiger partial charge in [0.15, 0.2) is 4.75 Å². The SMILES string of the molecule is CCOC(=O)/C=C/c1ccccc1[C@H]1N(Cc2ccccc2)C(=O)C[C@]1(Sc1ccc(C)cc1)C(=O)OC. The summed E-state index contributed by atoms with van der Waals surface area (Å²) in [4.78, 5) is 42.1. The van der Waals surface area contributed by atoms with E-state index in [1.807, 2.05) is 85.8 Å². The maximum absolute atomic E-state index is 13.7. The molecule has 0 aliphatic carbocycles. The molecule has 1 saturated heterocycles. The van der Waals surface area contributed by atoms with Crippen LogP contribution in [-0.4, -0.2) is 41.2 Å². The summed E-state index contributed by atoms with van der Waals surface area (Å²) < 4.78 is 9.19. The average molecular weight is 530 g/mol. The number of nitrogens with zero attached hydrogens (tertiary/aromatic N) is 1. The highest BCUT2D eigenvalue weighted by molar-refractivity contribution is 8.01. The number of carbonyl (C=O) groups is 3. The lowest BCUT2D eigenvalue weighted by Crippen LogP contribution is -2.42. The Balaban J connectivity index is 1.87. The number of rotatable bonds is 9. The zero-order valence-corrected chi connectivity index (χ0v) is 22.6. The average Bonchev–Trinajstić information content (AvgIpc) is 3.20. The van der Waals surface area contributed by atoms with Gasteiger partial charge in [0, 0.05) is 17.5 Å². The Bertz CT molecular complexity index is 1320. The fraction of sp³-hybridized carbons (Fsp3) is 0.258. The van der Waals surface area contributed by atoms with Gasteiger partial charge in [0.25, 0.3) is 0 Å². The Morgan fingerprint density at radius 3 is 2.39 bits per heavy atom. The van der Waals surface area contributed by atoms with Crippen molar-refractivity contribution < 1.29 is 23.9 Å². The van der Waals surface area contributed by atoms with E-state index in [1.54, 1.807) is 17.9 Å². The molecule has 1 fully saturated rings. The van der Waals surface area contributed by atoms with E-state index < -0.39 is 22.7 Å².